The molecule has 1 aliphatic heterocycles. The van der Waals surface area contributed by atoms with E-state index >= 15 is 0 Å². The standard InChI is InChI=1S/C25H22FN9O/c26-17-5-3-16(4-6-17)14-19-30-24(33-32-19)22-23(36)21-18(2-1-7-29-21)25(31-22)35-12-10-34(11-13-35)20-15-27-8-9-28-20/h1-9,15,36H,10-14H2,(H,30,32,33). The van der Waals surface area contributed by atoms with E-state index in [1.165, 1.54) is 12.1 Å². The fraction of sp³-hybridized carbons (Fsp3) is 0.200. The minimum Gasteiger partial charge on any atom is -0.504 e. The minimum absolute atomic E-state index is 0.0583. The Kier molecular flexibility index (Phi) is 5.56. The summed E-state index contributed by atoms with van der Waals surface area (Å²) in [6, 6.07) is 9.95. The second-order valence-corrected chi connectivity index (χ2v) is 8.49. The second-order valence-electron chi connectivity index (χ2n) is 8.49. The zero-order valence-electron chi connectivity index (χ0n) is 19.2. The average molecular weight is 484 g/mol. The lowest BCUT2D eigenvalue weighted by Crippen LogP contribution is -2.47. The number of nitrogens with one attached hydrogen (secondary N) is 1. The average Bonchev–Trinajstić information content (AvgIpc) is 3.39. The second kappa shape index (κ2) is 9.17. The van der Waals surface area contributed by atoms with Crippen molar-refractivity contribution < 1.29 is 9.50 Å². The molecule has 6 rings (SSSR count). The highest BCUT2D eigenvalue weighted by atomic mass is 19.1. The number of halogens is 1. The Bertz CT molecular complexity index is 1500. The van der Waals surface area contributed by atoms with E-state index < -0.39 is 0 Å². The first-order valence-corrected chi connectivity index (χ1v) is 11.6. The van der Waals surface area contributed by atoms with Gasteiger partial charge < -0.3 is 19.9 Å². The van der Waals surface area contributed by atoms with Crippen molar-refractivity contribution in [3.05, 3.63) is 78.4 Å². The van der Waals surface area contributed by atoms with Crippen LogP contribution in [0.5, 0.6) is 5.75 Å². The maximum absolute atomic E-state index is 13.2. The van der Waals surface area contributed by atoms with Crippen LogP contribution in [-0.4, -0.2) is 66.4 Å². The summed E-state index contributed by atoms with van der Waals surface area (Å²) in [6.07, 6.45) is 7.20. The van der Waals surface area contributed by atoms with Crippen molar-refractivity contribution >= 4 is 22.5 Å². The molecule has 0 saturated carbocycles. The van der Waals surface area contributed by atoms with Crippen molar-refractivity contribution in [1.82, 2.24) is 35.1 Å². The van der Waals surface area contributed by atoms with Gasteiger partial charge in [0.25, 0.3) is 0 Å². The van der Waals surface area contributed by atoms with Gasteiger partial charge in [0.15, 0.2) is 17.3 Å². The number of aromatic nitrogens is 7. The van der Waals surface area contributed by atoms with Gasteiger partial charge in [-0.25, -0.2) is 14.4 Å². The molecule has 0 bridgehead atoms. The number of aromatic hydroxyl groups is 1. The molecule has 36 heavy (non-hydrogen) atoms. The van der Waals surface area contributed by atoms with Crippen LogP contribution in [0.2, 0.25) is 0 Å². The number of hydrogen-bond donors (Lipinski definition) is 2. The molecule has 1 fully saturated rings. The summed E-state index contributed by atoms with van der Waals surface area (Å²) in [7, 11) is 0. The van der Waals surface area contributed by atoms with Crippen LogP contribution < -0.4 is 9.80 Å². The highest BCUT2D eigenvalue weighted by Gasteiger charge is 2.25. The molecule has 1 saturated heterocycles. The Morgan fingerprint density at radius 2 is 1.72 bits per heavy atom. The Hall–Kier alpha value is -4.67. The Labute approximate surface area is 205 Å². The molecule has 0 amide bonds. The summed E-state index contributed by atoms with van der Waals surface area (Å²) in [5.41, 5.74) is 1.62. The largest absolute Gasteiger partial charge is 0.504 e. The zero-order valence-corrected chi connectivity index (χ0v) is 19.2. The topological polar surface area (TPSA) is 120 Å². The molecule has 0 spiro atoms. The SMILES string of the molecule is Oc1c(-c2nnc(Cc3ccc(F)cc3)[nH]2)nc(N2CCN(c3cnccn3)CC2)c2cccnc12. The molecule has 0 unspecified atom stereocenters. The molecule has 5 heterocycles. The van der Waals surface area contributed by atoms with Crippen LogP contribution in [0.4, 0.5) is 16.0 Å². The summed E-state index contributed by atoms with van der Waals surface area (Å²) in [5, 5.41) is 20.3. The molecule has 11 heteroatoms. The van der Waals surface area contributed by atoms with Crippen LogP contribution in [0.3, 0.4) is 0 Å². The van der Waals surface area contributed by atoms with E-state index in [-0.39, 0.29) is 17.3 Å². The van der Waals surface area contributed by atoms with Gasteiger partial charge in [-0.15, -0.1) is 10.2 Å². The predicted octanol–water partition coefficient (Wildman–Crippen LogP) is 2.97. The number of nitrogens with zero attached hydrogens (tertiary/aromatic N) is 8. The molecular weight excluding hydrogens is 461 g/mol. The summed E-state index contributed by atoms with van der Waals surface area (Å²) in [6.45, 7) is 2.93. The quantitative estimate of drug-likeness (QED) is 0.389. The number of fused-ring (bicyclic) bond motifs is 1. The Morgan fingerprint density at radius 3 is 2.50 bits per heavy atom. The number of rotatable bonds is 5. The van der Waals surface area contributed by atoms with E-state index in [0.29, 0.717) is 36.7 Å². The summed E-state index contributed by atoms with van der Waals surface area (Å²) in [5.74, 6) is 2.14. The van der Waals surface area contributed by atoms with Crippen LogP contribution >= 0.6 is 0 Å². The third-order valence-electron chi connectivity index (χ3n) is 6.21. The first-order valence-electron chi connectivity index (χ1n) is 11.6. The van der Waals surface area contributed by atoms with Crippen LogP contribution in [-0.2, 0) is 6.42 Å². The van der Waals surface area contributed by atoms with Crippen molar-refractivity contribution in [2.45, 2.75) is 6.42 Å². The highest BCUT2D eigenvalue weighted by Crippen LogP contribution is 2.37. The first-order chi connectivity index (χ1) is 17.7. The van der Waals surface area contributed by atoms with Crippen LogP contribution in [0.1, 0.15) is 11.4 Å². The highest BCUT2D eigenvalue weighted by molar-refractivity contribution is 5.97. The monoisotopic (exact) mass is 483 g/mol. The van der Waals surface area contributed by atoms with Gasteiger partial charge in [-0.05, 0) is 29.8 Å². The number of H-pyrrole nitrogens is 1. The van der Waals surface area contributed by atoms with Gasteiger partial charge >= 0.3 is 0 Å². The van der Waals surface area contributed by atoms with Crippen LogP contribution in [0.25, 0.3) is 22.4 Å². The van der Waals surface area contributed by atoms with Crippen molar-refractivity contribution in [3.63, 3.8) is 0 Å². The van der Waals surface area contributed by atoms with Gasteiger partial charge in [0.2, 0.25) is 0 Å². The van der Waals surface area contributed by atoms with E-state index in [4.69, 9.17) is 4.98 Å². The fourth-order valence-electron chi connectivity index (χ4n) is 4.39. The smallest absolute Gasteiger partial charge is 0.184 e. The maximum Gasteiger partial charge on any atom is 0.184 e. The summed E-state index contributed by atoms with van der Waals surface area (Å²) in [4.78, 5) is 25.3. The van der Waals surface area contributed by atoms with Crippen LogP contribution in [0, 0.1) is 5.82 Å². The lowest BCUT2D eigenvalue weighted by Gasteiger charge is -2.36. The molecule has 4 aromatic heterocycles. The van der Waals surface area contributed by atoms with Crippen molar-refractivity contribution in [2.24, 2.45) is 0 Å². The van der Waals surface area contributed by atoms with Gasteiger partial charge in [-0.2, -0.15) is 0 Å². The number of anilines is 2. The minimum atomic E-state index is -0.292. The number of pyridine rings is 2. The molecule has 0 aliphatic carbocycles. The molecule has 0 radical (unpaired) electrons. The van der Waals surface area contributed by atoms with E-state index in [1.807, 2.05) is 12.1 Å². The fourth-order valence-corrected chi connectivity index (χ4v) is 4.39. The van der Waals surface area contributed by atoms with Crippen LogP contribution in [0.15, 0.2) is 61.2 Å². The molecule has 180 valence electrons. The van der Waals surface area contributed by atoms with Gasteiger partial charge in [0.05, 0.1) is 6.20 Å². The number of hydrogen-bond acceptors (Lipinski definition) is 9. The van der Waals surface area contributed by atoms with E-state index in [2.05, 4.69) is 39.9 Å². The summed E-state index contributed by atoms with van der Waals surface area (Å²) < 4.78 is 13.2. The number of aromatic amines is 1. The summed E-state index contributed by atoms with van der Waals surface area (Å²) >= 11 is 0. The molecule has 10 nitrogen and oxygen atoms in total. The first kappa shape index (κ1) is 21.8. The van der Waals surface area contributed by atoms with E-state index in [9.17, 15) is 9.50 Å². The van der Waals surface area contributed by atoms with Gasteiger partial charge in [-0.1, -0.05) is 12.1 Å². The van der Waals surface area contributed by atoms with Crippen molar-refractivity contribution in [2.75, 3.05) is 36.0 Å². The number of piperazine rings is 1. The molecule has 1 aromatic carbocycles. The number of benzene rings is 1. The lowest BCUT2D eigenvalue weighted by atomic mass is 10.1. The molecule has 0 atom stereocenters. The van der Waals surface area contributed by atoms with Gasteiger partial charge in [0, 0.05) is 56.6 Å². The van der Waals surface area contributed by atoms with Gasteiger partial charge in [-0.3, -0.25) is 9.97 Å². The molecule has 5 aromatic rings. The third-order valence-corrected chi connectivity index (χ3v) is 6.21. The van der Waals surface area contributed by atoms with Gasteiger partial charge in [0.1, 0.15) is 28.8 Å². The predicted molar refractivity (Wildman–Crippen MR) is 132 cm³/mol. The Balaban J connectivity index is 1.31. The third kappa shape index (κ3) is 4.15. The maximum atomic E-state index is 13.2. The molecule has 2 N–H and O–H groups in total. The van der Waals surface area contributed by atoms with Crippen molar-refractivity contribution in [1.29, 1.82) is 0 Å². The molecule has 1 aliphatic rings. The van der Waals surface area contributed by atoms with E-state index in [0.717, 1.165) is 35.7 Å². The Morgan fingerprint density at radius 1 is 0.917 bits per heavy atom. The van der Waals surface area contributed by atoms with Crippen molar-refractivity contribution in [3.8, 4) is 17.3 Å². The normalized spacial score (nSPS) is 13.9. The lowest BCUT2D eigenvalue weighted by molar-refractivity contribution is 0.479. The van der Waals surface area contributed by atoms with E-state index in [1.54, 1.807) is 36.9 Å². The molecular formula is C25H22FN9O. The zero-order chi connectivity index (χ0) is 24.5.